The van der Waals surface area contributed by atoms with E-state index in [1.54, 1.807) is 16.8 Å². The second kappa shape index (κ2) is 8.24. The second-order valence-electron chi connectivity index (χ2n) is 6.26. The second-order valence-corrected chi connectivity index (χ2v) is 7.35. The van der Waals surface area contributed by atoms with Gasteiger partial charge in [-0.15, -0.1) is 11.3 Å². The number of methoxy groups -OCH3 is 1. The first-order chi connectivity index (χ1) is 14.1. The molecule has 0 radical (unpaired) electrons. The summed E-state index contributed by atoms with van der Waals surface area (Å²) in [5.74, 6) is -0.574. The Morgan fingerprint density at radius 1 is 1.10 bits per heavy atom. The van der Waals surface area contributed by atoms with Crippen LogP contribution in [0, 0.1) is 0 Å². The summed E-state index contributed by atoms with van der Waals surface area (Å²) in [7, 11) is 1.36. The summed E-state index contributed by atoms with van der Waals surface area (Å²) in [4.78, 5) is 29.7. The van der Waals surface area contributed by atoms with E-state index < -0.39 is 0 Å². The van der Waals surface area contributed by atoms with Gasteiger partial charge < -0.3 is 10.1 Å². The van der Waals surface area contributed by atoms with Crippen molar-refractivity contribution < 1.29 is 14.3 Å². The molecule has 0 bridgehead atoms. The van der Waals surface area contributed by atoms with Crippen molar-refractivity contribution in [3.05, 3.63) is 71.4 Å². The summed E-state index contributed by atoms with van der Waals surface area (Å²) in [6.45, 7) is 0.945. The third-order valence-electron chi connectivity index (χ3n) is 4.34. The van der Waals surface area contributed by atoms with E-state index in [1.165, 1.54) is 18.4 Å². The minimum Gasteiger partial charge on any atom is -0.465 e. The number of fused-ring (bicyclic) bond motifs is 1. The molecular weight excluding hydrogens is 388 g/mol. The largest absolute Gasteiger partial charge is 0.465 e. The molecule has 29 heavy (non-hydrogen) atoms. The number of benzene rings is 1. The smallest absolute Gasteiger partial charge is 0.348 e. The lowest BCUT2D eigenvalue weighted by atomic mass is 10.2. The number of carbonyl (C=O) groups is 2. The Labute approximate surface area is 171 Å². The Balaban J connectivity index is 1.35. The summed E-state index contributed by atoms with van der Waals surface area (Å²) in [5.41, 5.74) is 1.95. The zero-order valence-corrected chi connectivity index (χ0v) is 16.5. The Bertz CT molecular complexity index is 1180. The van der Waals surface area contributed by atoms with Gasteiger partial charge in [-0.05, 0) is 30.3 Å². The highest BCUT2D eigenvalue weighted by Gasteiger charge is 2.12. The summed E-state index contributed by atoms with van der Waals surface area (Å²) in [6.07, 6.45) is 1.84. The highest BCUT2D eigenvalue weighted by molar-refractivity contribution is 7.17. The van der Waals surface area contributed by atoms with Crippen LogP contribution in [0.15, 0.2) is 60.8 Å². The Kier molecular flexibility index (Phi) is 5.35. The van der Waals surface area contributed by atoms with Gasteiger partial charge in [0.1, 0.15) is 16.3 Å². The molecule has 3 aromatic heterocycles. The molecule has 1 N–H and O–H groups in total. The molecule has 0 aliphatic heterocycles. The highest BCUT2D eigenvalue weighted by Crippen LogP contribution is 2.27. The number of ether oxygens (including phenoxy) is 1. The first kappa shape index (κ1) is 18.8. The number of nitrogens with one attached hydrogen (secondary N) is 1. The van der Waals surface area contributed by atoms with Crippen molar-refractivity contribution in [1.82, 2.24) is 20.1 Å². The number of aromatic nitrogens is 3. The van der Waals surface area contributed by atoms with E-state index in [9.17, 15) is 9.59 Å². The molecule has 3 heterocycles. The lowest BCUT2D eigenvalue weighted by molar-refractivity contribution is 0.0606. The molecule has 4 aromatic rings. The molecule has 4 rings (SSSR count). The number of hydrogen-bond acceptors (Lipinski definition) is 6. The fourth-order valence-electron chi connectivity index (χ4n) is 2.87. The molecule has 0 aliphatic rings. The fraction of sp³-hybridized carbons (Fsp3) is 0.143. The van der Waals surface area contributed by atoms with Crippen LogP contribution in [0.5, 0.6) is 0 Å². The van der Waals surface area contributed by atoms with E-state index in [2.05, 4.69) is 15.4 Å². The summed E-state index contributed by atoms with van der Waals surface area (Å²) < 4.78 is 6.48. The van der Waals surface area contributed by atoms with Crippen molar-refractivity contribution in [2.75, 3.05) is 13.7 Å². The van der Waals surface area contributed by atoms with Gasteiger partial charge in [-0.25, -0.2) is 9.78 Å². The number of carbonyl (C=O) groups excluding carboxylic acids is 2. The molecule has 0 atom stereocenters. The molecule has 0 unspecified atom stereocenters. The molecule has 0 spiro atoms. The summed E-state index contributed by atoms with van der Waals surface area (Å²) in [5, 5.41) is 8.36. The Morgan fingerprint density at radius 2 is 1.97 bits per heavy atom. The number of nitrogens with zero attached hydrogens (tertiary/aromatic N) is 3. The van der Waals surface area contributed by atoms with Crippen molar-refractivity contribution in [3.8, 4) is 10.6 Å². The minimum absolute atomic E-state index is 0.218. The molecule has 0 saturated heterocycles. The third-order valence-corrected chi connectivity index (χ3v) is 5.43. The maximum absolute atomic E-state index is 12.4. The number of para-hydroxylation sites is 1. The van der Waals surface area contributed by atoms with Gasteiger partial charge in [0.25, 0.3) is 5.91 Å². The van der Waals surface area contributed by atoms with Gasteiger partial charge in [-0.1, -0.05) is 24.3 Å². The standard InChI is InChI=1S/C21H18N4O3S/c1-28-21(27)19-9-8-18(29-19)16-10-12-25(24-16)13-11-22-20(26)17-7-6-14-4-2-3-5-15(14)23-17/h2-10,12H,11,13H2,1H3,(H,22,26). The number of thiophene rings is 1. The van der Waals surface area contributed by atoms with Crippen molar-refractivity contribution in [2.24, 2.45) is 0 Å². The van der Waals surface area contributed by atoms with E-state index in [0.717, 1.165) is 21.5 Å². The Hall–Kier alpha value is -3.52. The van der Waals surface area contributed by atoms with E-state index >= 15 is 0 Å². The lowest BCUT2D eigenvalue weighted by Crippen LogP contribution is -2.28. The molecule has 1 amide bonds. The molecule has 8 heteroatoms. The highest BCUT2D eigenvalue weighted by atomic mass is 32.1. The fourth-order valence-corrected chi connectivity index (χ4v) is 3.76. The van der Waals surface area contributed by atoms with Crippen LogP contribution in [0.1, 0.15) is 20.2 Å². The minimum atomic E-state index is -0.356. The number of hydrogen-bond donors (Lipinski definition) is 1. The molecule has 0 aliphatic carbocycles. The van der Waals surface area contributed by atoms with Crippen LogP contribution in [0.4, 0.5) is 0 Å². The molecule has 0 fully saturated rings. The average Bonchev–Trinajstić information content (AvgIpc) is 3.42. The van der Waals surface area contributed by atoms with Gasteiger partial charge >= 0.3 is 5.97 Å². The van der Waals surface area contributed by atoms with Gasteiger partial charge in [0, 0.05) is 18.1 Å². The van der Waals surface area contributed by atoms with E-state index in [1.807, 2.05) is 48.7 Å². The van der Waals surface area contributed by atoms with Crippen LogP contribution in [0.3, 0.4) is 0 Å². The van der Waals surface area contributed by atoms with Gasteiger partial charge in [-0.3, -0.25) is 9.48 Å². The molecule has 0 saturated carbocycles. The van der Waals surface area contributed by atoms with Gasteiger partial charge in [0.15, 0.2) is 0 Å². The maximum atomic E-state index is 12.4. The van der Waals surface area contributed by atoms with Crippen LogP contribution in [0.2, 0.25) is 0 Å². The van der Waals surface area contributed by atoms with E-state index in [-0.39, 0.29) is 11.9 Å². The molecular formula is C21H18N4O3S. The molecule has 146 valence electrons. The lowest BCUT2D eigenvalue weighted by Gasteiger charge is -2.06. The molecule has 1 aromatic carbocycles. The van der Waals surface area contributed by atoms with Crippen LogP contribution in [-0.2, 0) is 11.3 Å². The van der Waals surface area contributed by atoms with Gasteiger partial charge in [-0.2, -0.15) is 5.10 Å². The van der Waals surface area contributed by atoms with Crippen molar-refractivity contribution in [3.63, 3.8) is 0 Å². The summed E-state index contributed by atoms with van der Waals surface area (Å²) >= 11 is 1.33. The third kappa shape index (κ3) is 4.17. The van der Waals surface area contributed by atoms with Crippen LogP contribution < -0.4 is 5.32 Å². The SMILES string of the molecule is COC(=O)c1ccc(-c2ccn(CCNC(=O)c3ccc4ccccc4n3)n2)s1. The predicted molar refractivity (Wildman–Crippen MR) is 111 cm³/mol. The molecule has 7 nitrogen and oxygen atoms in total. The average molecular weight is 406 g/mol. The normalized spacial score (nSPS) is 10.8. The zero-order valence-electron chi connectivity index (χ0n) is 15.7. The van der Waals surface area contributed by atoms with Crippen LogP contribution in [-0.4, -0.2) is 40.3 Å². The quantitative estimate of drug-likeness (QED) is 0.496. The first-order valence-electron chi connectivity index (χ1n) is 9.00. The van der Waals surface area contributed by atoms with E-state index in [0.29, 0.717) is 23.7 Å². The zero-order chi connectivity index (χ0) is 20.2. The number of pyridine rings is 1. The van der Waals surface area contributed by atoms with Crippen LogP contribution in [0.25, 0.3) is 21.5 Å². The summed E-state index contributed by atoms with van der Waals surface area (Å²) in [6, 6.07) is 16.7. The van der Waals surface area contributed by atoms with Crippen molar-refractivity contribution in [2.45, 2.75) is 6.54 Å². The maximum Gasteiger partial charge on any atom is 0.348 e. The number of amides is 1. The number of esters is 1. The predicted octanol–water partition coefficient (Wildman–Crippen LogP) is 3.38. The number of rotatable bonds is 6. The van der Waals surface area contributed by atoms with Crippen molar-refractivity contribution in [1.29, 1.82) is 0 Å². The van der Waals surface area contributed by atoms with Crippen LogP contribution >= 0.6 is 11.3 Å². The van der Waals surface area contributed by atoms with E-state index in [4.69, 9.17) is 4.74 Å². The first-order valence-corrected chi connectivity index (χ1v) is 9.81. The monoisotopic (exact) mass is 406 g/mol. The Morgan fingerprint density at radius 3 is 2.83 bits per heavy atom. The van der Waals surface area contributed by atoms with Gasteiger partial charge in [0.2, 0.25) is 0 Å². The van der Waals surface area contributed by atoms with Gasteiger partial charge in [0.05, 0.1) is 24.0 Å². The van der Waals surface area contributed by atoms with Crippen molar-refractivity contribution >= 4 is 34.1 Å². The topological polar surface area (TPSA) is 86.1 Å².